The normalized spacial score (nSPS) is 17.5. The van der Waals surface area contributed by atoms with E-state index < -0.39 is 0 Å². The lowest BCUT2D eigenvalue weighted by Crippen LogP contribution is -2.29. The maximum atomic E-state index is 5.79. The number of hydrogen-bond acceptors (Lipinski definition) is 3. The van der Waals surface area contributed by atoms with Crippen LogP contribution in [0.15, 0.2) is 34.3 Å². The topological polar surface area (TPSA) is 47.3 Å². The van der Waals surface area contributed by atoms with Gasteiger partial charge in [-0.25, -0.2) is 5.43 Å². The lowest BCUT2D eigenvalue weighted by Gasteiger charge is -2.22. The van der Waals surface area contributed by atoms with Crippen molar-refractivity contribution >= 4 is 15.9 Å². The second-order valence-electron chi connectivity index (χ2n) is 4.86. The summed E-state index contributed by atoms with van der Waals surface area (Å²) in [4.78, 5) is 0. The zero-order chi connectivity index (χ0) is 13.7. The number of rotatable bonds is 4. The molecule has 1 aliphatic rings. The smallest absolute Gasteiger partial charge is 0.125 e. The number of allylic oxidation sites excluding steroid dienone is 1. The van der Waals surface area contributed by atoms with Crippen LogP contribution in [0.2, 0.25) is 0 Å². The predicted octanol–water partition coefficient (Wildman–Crippen LogP) is 3.85. The van der Waals surface area contributed by atoms with E-state index in [2.05, 4.69) is 33.5 Å². The fourth-order valence-corrected chi connectivity index (χ4v) is 2.96. The van der Waals surface area contributed by atoms with Crippen molar-refractivity contribution in [3.05, 3.63) is 39.9 Å². The molecule has 1 atom stereocenters. The van der Waals surface area contributed by atoms with Crippen molar-refractivity contribution in [3.8, 4) is 5.75 Å². The third kappa shape index (κ3) is 3.59. The van der Waals surface area contributed by atoms with Crippen LogP contribution < -0.4 is 16.0 Å². The third-order valence-corrected chi connectivity index (χ3v) is 4.11. The molecule has 4 heteroatoms. The van der Waals surface area contributed by atoms with Gasteiger partial charge in [0, 0.05) is 10.0 Å². The van der Waals surface area contributed by atoms with Crippen molar-refractivity contribution in [2.24, 2.45) is 5.84 Å². The predicted molar refractivity (Wildman–Crippen MR) is 81.9 cm³/mol. The average Bonchev–Trinajstić information content (AvgIpc) is 2.70. The van der Waals surface area contributed by atoms with Gasteiger partial charge in [0.05, 0.1) is 13.2 Å². The van der Waals surface area contributed by atoms with Gasteiger partial charge in [0.1, 0.15) is 5.75 Å². The Morgan fingerprint density at radius 3 is 2.89 bits per heavy atom. The molecule has 1 aromatic rings. The van der Waals surface area contributed by atoms with Crippen molar-refractivity contribution in [2.75, 3.05) is 7.11 Å². The molecule has 0 radical (unpaired) electrons. The first-order chi connectivity index (χ1) is 9.26. The van der Waals surface area contributed by atoms with E-state index in [1.165, 1.54) is 24.8 Å². The Kier molecular flexibility index (Phi) is 5.43. The Balaban J connectivity index is 2.33. The minimum absolute atomic E-state index is 0.0427. The van der Waals surface area contributed by atoms with Gasteiger partial charge in [0.25, 0.3) is 0 Å². The SMILES string of the molecule is COc1cc(Br)ccc1C(NN)C1=CCCCCC1. The maximum Gasteiger partial charge on any atom is 0.125 e. The number of hydrazine groups is 1. The quantitative estimate of drug-likeness (QED) is 0.502. The summed E-state index contributed by atoms with van der Waals surface area (Å²) in [5.74, 6) is 6.65. The fourth-order valence-electron chi connectivity index (χ4n) is 2.62. The van der Waals surface area contributed by atoms with Crippen LogP contribution in [0.1, 0.15) is 43.7 Å². The van der Waals surface area contributed by atoms with Crippen LogP contribution in [0.25, 0.3) is 0 Å². The summed E-state index contributed by atoms with van der Waals surface area (Å²) in [5, 5.41) is 0. The zero-order valence-corrected chi connectivity index (χ0v) is 12.9. The highest BCUT2D eigenvalue weighted by Gasteiger charge is 2.20. The molecule has 0 aliphatic heterocycles. The highest BCUT2D eigenvalue weighted by Crippen LogP contribution is 2.35. The van der Waals surface area contributed by atoms with Gasteiger partial charge in [-0.2, -0.15) is 0 Å². The Labute approximate surface area is 123 Å². The van der Waals surface area contributed by atoms with Crippen molar-refractivity contribution < 1.29 is 4.74 Å². The maximum absolute atomic E-state index is 5.79. The largest absolute Gasteiger partial charge is 0.496 e. The van der Waals surface area contributed by atoms with Crippen LogP contribution in [0, 0.1) is 0 Å². The molecule has 0 saturated heterocycles. The minimum Gasteiger partial charge on any atom is -0.496 e. The number of hydrogen-bond donors (Lipinski definition) is 2. The molecular weight excluding hydrogens is 304 g/mol. The lowest BCUT2D eigenvalue weighted by atomic mass is 9.95. The molecule has 2 rings (SSSR count). The second-order valence-corrected chi connectivity index (χ2v) is 5.78. The van der Waals surface area contributed by atoms with Gasteiger partial charge in [-0.3, -0.25) is 5.84 Å². The summed E-state index contributed by atoms with van der Waals surface area (Å²) in [5.41, 5.74) is 5.42. The van der Waals surface area contributed by atoms with Gasteiger partial charge in [0.15, 0.2) is 0 Å². The van der Waals surface area contributed by atoms with E-state index in [0.29, 0.717) is 0 Å². The van der Waals surface area contributed by atoms with Crippen molar-refractivity contribution in [1.29, 1.82) is 0 Å². The van der Waals surface area contributed by atoms with Gasteiger partial charge in [-0.15, -0.1) is 0 Å². The molecule has 0 spiro atoms. The molecule has 0 aromatic heterocycles. The first-order valence-corrected chi connectivity index (χ1v) is 7.54. The second kappa shape index (κ2) is 7.08. The minimum atomic E-state index is 0.0427. The van der Waals surface area contributed by atoms with Gasteiger partial charge < -0.3 is 4.74 Å². The Hall–Kier alpha value is -0.840. The summed E-state index contributed by atoms with van der Waals surface area (Å²) in [6.45, 7) is 0. The molecule has 3 N–H and O–H groups in total. The molecule has 0 heterocycles. The van der Waals surface area contributed by atoms with Gasteiger partial charge in [-0.05, 0) is 37.8 Å². The highest BCUT2D eigenvalue weighted by atomic mass is 79.9. The van der Waals surface area contributed by atoms with Gasteiger partial charge in [-0.1, -0.05) is 40.1 Å². The highest BCUT2D eigenvalue weighted by molar-refractivity contribution is 9.10. The molecule has 1 aliphatic carbocycles. The van der Waals surface area contributed by atoms with E-state index in [1.807, 2.05) is 12.1 Å². The van der Waals surface area contributed by atoms with Crippen LogP contribution in [-0.4, -0.2) is 7.11 Å². The third-order valence-electron chi connectivity index (χ3n) is 3.62. The van der Waals surface area contributed by atoms with Crippen molar-refractivity contribution in [1.82, 2.24) is 5.43 Å². The molecule has 1 unspecified atom stereocenters. The van der Waals surface area contributed by atoms with E-state index in [0.717, 1.165) is 28.6 Å². The van der Waals surface area contributed by atoms with Crippen molar-refractivity contribution in [3.63, 3.8) is 0 Å². The molecular formula is C15H21BrN2O. The van der Waals surface area contributed by atoms with Crippen LogP contribution >= 0.6 is 15.9 Å². The molecule has 0 saturated carbocycles. The number of nitrogens with one attached hydrogen (secondary N) is 1. The summed E-state index contributed by atoms with van der Waals surface area (Å²) in [6, 6.07) is 6.12. The van der Waals surface area contributed by atoms with Crippen LogP contribution in [-0.2, 0) is 0 Å². The van der Waals surface area contributed by atoms with E-state index in [1.54, 1.807) is 7.11 Å². The Bertz CT molecular complexity index is 459. The molecule has 0 fully saturated rings. The first kappa shape index (κ1) is 14.6. The number of halogens is 1. The van der Waals surface area contributed by atoms with Gasteiger partial charge in [0.2, 0.25) is 0 Å². The van der Waals surface area contributed by atoms with Crippen molar-refractivity contribution in [2.45, 2.75) is 38.1 Å². The summed E-state index contributed by atoms with van der Waals surface area (Å²) in [6.07, 6.45) is 8.40. The van der Waals surface area contributed by atoms with Crippen LogP contribution in [0.4, 0.5) is 0 Å². The number of benzene rings is 1. The average molecular weight is 325 g/mol. The lowest BCUT2D eigenvalue weighted by molar-refractivity contribution is 0.402. The number of methoxy groups -OCH3 is 1. The molecule has 0 bridgehead atoms. The first-order valence-electron chi connectivity index (χ1n) is 6.74. The number of ether oxygens (including phenoxy) is 1. The van der Waals surface area contributed by atoms with Gasteiger partial charge >= 0.3 is 0 Å². The summed E-state index contributed by atoms with van der Waals surface area (Å²) >= 11 is 3.47. The van der Waals surface area contributed by atoms with E-state index >= 15 is 0 Å². The number of nitrogens with two attached hydrogens (primary N) is 1. The Morgan fingerprint density at radius 2 is 2.16 bits per heavy atom. The fraction of sp³-hybridized carbons (Fsp3) is 0.467. The molecule has 0 amide bonds. The standard InChI is InChI=1S/C15H21BrN2O/c1-19-14-10-12(16)8-9-13(14)15(18-17)11-6-4-2-3-5-7-11/h6,8-10,15,18H,2-5,7,17H2,1H3. The van der Waals surface area contributed by atoms with E-state index in [-0.39, 0.29) is 6.04 Å². The molecule has 3 nitrogen and oxygen atoms in total. The van der Waals surface area contributed by atoms with Crippen LogP contribution in [0.5, 0.6) is 5.75 Å². The monoisotopic (exact) mass is 324 g/mol. The zero-order valence-electron chi connectivity index (χ0n) is 11.3. The molecule has 19 heavy (non-hydrogen) atoms. The Morgan fingerprint density at radius 1 is 1.32 bits per heavy atom. The summed E-state index contributed by atoms with van der Waals surface area (Å²) in [7, 11) is 1.69. The molecule has 104 valence electrons. The van der Waals surface area contributed by atoms with Crippen LogP contribution in [0.3, 0.4) is 0 Å². The van der Waals surface area contributed by atoms with E-state index in [4.69, 9.17) is 10.6 Å². The summed E-state index contributed by atoms with van der Waals surface area (Å²) < 4.78 is 6.49. The van der Waals surface area contributed by atoms with E-state index in [9.17, 15) is 0 Å². The molecule has 1 aromatic carbocycles.